The number of benzene rings is 2. The molecule has 0 radical (unpaired) electrons. The smallest absolute Gasteiger partial charge is 0.253 e. The quantitative estimate of drug-likeness (QED) is 0.425. The standard InChI is InChI=1S/C27H24N2O4.C2H4/c30-23-11-16-33-24(25(23)31)17-28-22-9-5-20(6-10-22)2-1-19-3-7-21(8-4-19)26(32)29-15-14-27(18-29)12-13-27;1-2/h3-11,16,28,31H,12-15,17-18H2;1-2H2. The second-order valence-corrected chi connectivity index (χ2v) is 8.79. The second-order valence-electron chi connectivity index (χ2n) is 8.79. The Kier molecular flexibility index (Phi) is 7.07. The third-order valence-electron chi connectivity index (χ3n) is 6.43. The van der Waals surface area contributed by atoms with E-state index in [-0.39, 0.29) is 24.0 Å². The van der Waals surface area contributed by atoms with Gasteiger partial charge in [-0.05, 0) is 73.2 Å². The third kappa shape index (κ3) is 5.64. The van der Waals surface area contributed by atoms with Crippen molar-refractivity contribution in [3.63, 3.8) is 0 Å². The minimum atomic E-state index is -0.469. The normalized spacial score (nSPS) is 14.9. The van der Waals surface area contributed by atoms with Crippen molar-refractivity contribution in [2.75, 3.05) is 18.4 Å². The molecule has 6 nitrogen and oxygen atoms in total. The molecule has 2 aliphatic rings. The van der Waals surface area contributed by atoms with Crippen LogP contribution in [-0.4, -0.2) is 29.0 Å². The zero-order valence-corrected chi connectivity index (χ0v) is 19.5. The lowest BCUT2D eigenvalue weighted by Gasteiger charge is -2.16. The Bertz CT molecular complexity index is 1310. The van der Waals surface area contributed by atoms with Gasteiger partial charge in [0.2, 0.25) is 11.2 Å². The van der Waals surface area contributed by atoms with E-state index in [1.165, 1.54) is 25.2 Å². The second kappa shape index (κ2) is 10.4. The first-order valence-electron chi connectivity index (χ1n) is 11.6. The predicted octanol–water partition coefficient (Wildman–Crippen LogP) is 4.79. The molecular weight excluding hydrogens is 440 g/mol. The van der Waals surface area contributed by atoms with Crippen molar-refractivity contribution in [3.05, 3.63) is 107 Å². The maximum Gasteiger partial charge on any atom is 0.253 e. The Morgan fingerprint density at radius 3 is 2.23 bits per heavy atom. The SMILES string of the molecule is C=C.O=C(c1ccc(C#Cc2ccc(NCc3occc(=O)c3O)cc2)cc1)N1CCC2(CC2)C1. The summed E-state index contributed by atoms with van der Waals surface area (Å²) in [4.78, 5) is 26.1. The van der Waals surface area contributed by atoms with E-state index in [0.717, 1.165) is 36.3 Å². The largest absolute Gasteiger partial charge is 0.502 e. The van der Waals surface area contributed by atoms with Crippen LogP contribution in [0.2, 0.25) is 0 Å². The Morgan fingerprint density at radius 2 is 1.63 bits per heavy atom. The number of aromatic hydroxyl groups is 1. The fourth-order valence-corrected chi connectivity index (χ4v) is 4.15. The van der Waals surface area contributed by atoms with Crippen LogP contribution in [0.1, 0.15) is 46.5 Å². The number of amides is 1. The maximum atomic E-state index is 12.7. The van der Waals surface area contributed by atoms with E-state index < -0.39 is 5.43 Å². The minimum absolute atomic E-state index is 0.115. The van der Waals surface area contributed by atoms with Gasteiger partial charge in [-0.2, -0.15) is 0 Å². The first-order valence-corrected chi connectivity index (χ1v) is 11.6. The number of anilines is 1. The van der Waals surface area contributed by atoms with Crippen LogP contribution in [0.5, 0.6) is 5.75 Å². The highest BCUT2D eigenvalue weighted by atomic mass is 16.4. The van der Waals surface area contributed by atoms with E-state index in [1.807, 2.05) is 53.4 Å². The fraction of sp³-hybridized carbons (Fsp3) is 0.241. The van der Waals surface area contributed by atoms with Gasteiger partial charge in [0.15, 0.2) is 5.76 Å². The first-order chi connectivity index (χ1) is 17.0. The van der Waals surface area contributed by atoms with Crippen molar-refractivity contribution in [1.29, 1.82) is 0 Å². The molecule has 1 aromatic heterocycles. The fourth-order valence-electron chi connectivity index (χ4n) is 4.15. The third-order valence-corrected chi connectivity index (χ3v) is 6.43. The number of hydrogen-bond donors (Lipinski definition) is 2. The van der Waals surface area contributed by atoms with Crippen molar-refractivity contribution in [2.24, 2.45) is 5.41 Å². The molecular formula is C29H28N2O4. The summed E-state index contributed by atoms with van der Waals surface area (Å²) < 4.78 is 5.18. The molecule has 6 heteroatoms. The van der Waals surface area contributed by atoms with Gasteiger partial charge in [0, 0.05) is 41.5 Å². The molecule has 178 valence electrons. The van der Waals surface area contributed by atoms with E-state index >= 15 is 0 Å². The van der Waals surface area contributed by atoms with Crippen LogP contribution in [0.25, 0.3) is 0 Å². The zero-order valence-electron chi connectivity index (χ0n) is 19.5. The lowest BCUT2D eigenvalue weighted by molar-refractivity contribution is 0.0785. The Hall–Kier alpha value is -4.24. The monoisotopic (exact) mass is 468 g/mol. The van der Waals surface area contributed by atoms with Gasteiger partial charge >= 0.3 is 0 Å². The molecule has 0 atom stereocenters. The Labute approximate surface area is 204 Å². The molecule has 1 aliphatic carbocycles. The van der Waals surface area contributed by atoms with Crippen LogP contribution in [0.4, 0.5) is 5.69 Å². The summed E-state index contributed by atoms with van der Waals surface area (Å²) in [5.74, 6) is 6.18. The van der Waals surface area contributed by atoms with E-state index in [9.17, 15) is 14.7 Å². The number of nitrogens with zero attached hydrogens (tertiary/aromatic N) is 1. The van der Waals surface area contributed by atoms with Crippen LogP contribution in [-0.2, 0) is 6.54 Å². The average molecular weight is 469 g/mol. The van der Waals surface area contributed by atoms with Gasteiger partial charge in [-0.3, -0.25) is 9.59 Å². The molecule has 5 rings (SSSR count). The van der Waals surface area contributed by atoms with Crippen LogP contribution < -0.4 is 10.7 Å². The summed E-state index contributed by atoms with van der Waals surface area (Å²) in [5.41, 5.74) is 3.19. The number of rotatable bonds is 4. The van der Waals surface area contributed by atoms with Crippen LogP contribution >= 0.6 is 0 Å². The summed E-state index contributed by atoms with van der Waals surface area (Å²) in [6.45, 7) is 7.96. The number of carbonyl (C=O) groups is 1. The van der Waals surface area contributed by atoms with Gasteiger partial charge in [-0.1, -0.05) is 11.8 Å². The van der Waals surface area contributed by atoms with E-state index in [1.54, 1.807) is 0 Å². The summed E-state index contributed by atoms with van der Waals surface area (Å²) in [6, 6.07) is 16.2. The van der Waals surface area contributed by atoms with Crippen molar-refractivity contribution in [1.82, 2.24) is 4.90 Å². The summed E-state index contributed by atoms with van der Waals surface area (Å²) >= 11 is 0. The summed E-state index contributed by atoms with van der Waals surface area (Å²) in [7, 11) is 0. The topological polar surface area (TPSA) is 82.8 Å². The van der Waals surface area contributed by atoms with Crippen molar-refractivity contribution in [3.8, 4) is 17.6 Å². The van der Waals surface area contributed by atoms with Gasteiger partial charge in [0.05, 0.1) is 12.8 Å². The Balaban J connectivity index is 0.00000141. The van der Waals surface area contributed by atoms with Crippen molar-refractivity contribution >= 4 is 11.6 Å². The molecule has 1 spiro atoms. The molecule has 1 aliphatic heterocycles. The van der Waals surface area contributed by atoms with Gasteiger partial charge in [0.25, 0.3) is 5.91 Å². The summed E-state index contributed by atoms with van der Waals surface area (Å²) in [5, 5.41) is 12.8. The highest BCUT2D eigenvalue weighted by Gasteiger charge is 2.48. The van der Waals surface area contributed by atoms with E-state index in [2.05, 4.69) is 30.3 Å². The van der Waals surface area contributed by atoms with Crippen LogP contribution in [0.15, 0.2) is 83.2 Å². The number of carbonyl (C=O) groups excluding carboxylic acids is 1. The first kappa shape index (κ1) is 23.9. The van der Waals surface area contributed by atoms with Gasteiger partial charge in [-0.15, -0.1) is 13.2 Å². The molecule has 2 heterocycles. The number of nitrogens with one attached hydrogen (secondary N) is 1. The van der Waals surface area contributed by atoms with Crippen LogP contribution in [0.3, 0.4) is 0 Å². The minimum Gasteiger partial charge on any atom is -0.502 e. The van der Waals surface area contributed by atoms with Crippen LogP contribution in [0, 0.1) is 17.3 Å². The van der Waals surface area contributed by atoms with Crippen molar-refractivity contribution < 1.29 is 14.3 Å². The predicted molar refractivity (Wildman–Crippen MR) is 136 cm³/mol. The van der Waals surface area contributed by atoms with Gasteiger partial charge in [-0.25, -0.2) is 0 Å². The highest BCUT2D eigenvalue weighted by Crippen LogP contribution is 2.52. The van der Waals surface area contributed by atoms with Gasteiger partial charge < -0.3 is 19.7 Å². The molecule has 0 bridgehead atoms. The number of hydrogen-bond acceptors (Lipinski definition) is 5. The molecule has 3 aromatic rings. The molecule has 0 unspecified atom stereocenters. The lowest BCUT2D eigenvalue weighted by atomic mass is 10.1. The van der Waals surface area contributed by atoms with E-state index in [4.69, 9.17) is 4.42 Å². The van der Waals surface area contributed by atoms with Gasteiger partial charge in [0.1, 0.15) is 0 Å². The molecule has 1 saturated carbocycles. The molecule has 2 N–H and O–H groups in total. The molecule has 1 saturated heterocycles. The van der Waals surface area contributed by atoms with Crippen molar-refractivity contribution in [2.45, 2.75) is 25.8 Å². The summed E-state index contributed by atoms with van der Waals surface area (Å²) in [6.07, 6.45) is 4.92. The molecule has 2 aromatic carbocycles. The maximum absolute atomic E-state index is 12.7. The highest BCUT2D eigenvalue weighted by molar-refractivity contribution is 5.94. The average Bonchev–Trinajstić information content (AvgIpc) is 3.53. The molecule has 2 fully saturated rings. The molecule has 35 heavy (non-hydrogen) atoms. The zero-order chi connectivity index (χ0) is 24.8. The number of likely N-dealkylation sites (tertiary alicyclic amines) is 1. The lowest BCUT2D eigenvalue weighted by Crippen LogP contribution is -2.28. The molecule has 1 amide bonds. The Morgan fingerprint density at radius 1 is 1.00 bits per heavy atom. The van der Waals surface area contributed by atoms with E-state index in [0.29, 0.717) is 11.0 Å².